The molecule has 0 spiro atoms. The van der Waals surface area contributed by atoms with Gasteiger partial charge in [-0.3, -0.25) is 0 Å². The average Bonchev–Trinajstić information content (AvgIpc) is 2.72. The van der Waals surface area contributed by atoms with E-state index < -0.39 is 32.0 Å². The van der Waals surface area contributed by atoms with Crippen LogP contribution in [0.1, 0.15) is 54.4 Å². The Morgan fingerprint density at radius 3 is 1.79 bits per heavy atom. The van der Waals surface area contributed by atoms with Gasteiger partial charge in [-0.25, -0.2) is 9.59 Å². The van der Waals surface area contributed by atoms with Gasteiger partial charge in [0.25, 0.3) is 8.32 Å². The molecule has 7 heteroatoms. The first-order chi connectivity index (χ1) is 15.4. The van der Waals surface area contributed by atoms with Gasteiger partial charge in [0.2, 0.25) is 0 Å². The summed E-state index contributed by atoms with van der Waals surface area (Å²) in [6.07, 6.45) is -0.00729. The van der Waals surface area contributed by atoms with Crippen molar-refractivity contribution in [2.75, 3.05) is 6.61 Å². The second-order valence-electron chi connectivity index (χ2n) is 10.2. The van der Waals surface area contributed by atoms with Crippen molar-refractivity contribution in [1.29, 1.82) is 0 Å². The van der Waals surface area contributed by atoms with Crippen LogP contribution in [0.2, 0.25) is 5.04 Å². The maximum absolute atomic E-state index is 12.0. The summed E-state index contributed by atoms with van der Waals surface area (Å²) in [5, 5.41) is 14.2. The summed E-state index contributed by atoms with van der Waals surface area (Å²) < 4.78 is 12.0. The lowest BCUT2D eigenvalue weighted by molar-refractivity contribution is -0.139. The highest BCUT2D eigenvalue weighted by Gasteiger charge is 2.50. The minimum Gasteiger partial charge on any atom is -0.480 e. The molecule has 1 amide bonds. The molecule has 0 aliphatic heterocycles. The number of alkyl carbamates (subject to hydrolysis) is 1. The number of carboxylic acid groups (broad SMARTS) is 1. The largest absolute Gasteiger partial charge is 0.480 e. The minimum absolute atomic E-state index is 0.156. The van der Waals surface area contributed by atoms with Crippen LogP contribution in [0.15, 0.2) is 60.7 Å². The van der Waals surface area contributed by atoms with Crippen molar-refractivity contribution in [1.82, 2.24) is 5.32 Å². The van der Waals surface area contributed by atoms with Crippen LogP contribution in [-0.4, -0.2) is 43.7 Å². The molecule has 0 aliphatic carbocycles. The molecule has 2 N–H and O–H groups in total. The molecule has 33 heavy (non-hydrogen) atoms. The summed E-state index contributed by atoms with van der Waals surface area (Å²) in [4.78, 5) is 23.7. The highest BCUT2D eigenvalue weighted by Crippen LogP contribution is 2.36. The summed E-state index contributed by atoms with van der Waals surface area (Å²) in [7, 11) is -2.67. The number of carbonyl (C=O) groups excluding carboxylic acids is 1. The van der Waals surface area contributed by atoms with Crippen LogP contribution in [0.3, 0.4) is 0 Å². The highest BCUT2D eigenvalue weighted by molar-refractivity contribution is 6.99. The second-order valence-corrected chi connectivity index (χ2v) is 14.5. The Kier molecular flexibility index (Phi) is 8.86. The topological polar surface area (TPSA) is 84.9 Å². The van der Waals surface area contributed by atoms with E-state index in [2.05, 4.69) is 50.4 Å². The van der Waals surface area contributed by atoms with E-state index in [0.29, 0.717) is 13.0 Å². The summed E-state index contributed by atoms with van der Waals surface area (Å²) in [5.74, 6) is -1.09. The van der Waals surface area contributed by atoms with Crippen molar-refractivity contribution in [3.63, 3.8) is 0 Å². The lowest BCUT2D eigenvalue weighted by Gasteiger charge is -2.43. The molecule has 2 rings (SSSR count). The fraction of sp³-hybridized carbons (Fsp3) is 0.462. The molecule has 0 fully saturated rings. The molecule has 0 saturated heterocycles. The first-order valence-corrected chi connectivity index (χ1v) is 13.2. The first kappa shape index (κ1) is 26.6. The van der Waals surface area contributed by atoms with Gasteiger partial charge in [-0.1, -0.05) is 81.4 Å². The molecule has 0 aromatic heterocycles. The van der Waals surface area contributed by atoms with Crippen LogP contribution in [0.25, 0.3) is 0 Å². The van der Waals surface area contributed by atoms with E-state index in [0.717, 1.165) is 0 Å². The Morgan fingerprint density at radius 1 is 0.909 bits per heavy atom. The van der Waals surface area contributed by atoms with Crippen LogP contribution in [0.4, 0.5) is 4.79 Å². The van der Waals surface area contributed by atoms with Gasteiger partial charge in [0.05, 0.1) is 0 Å². The Balaban J connectivity index is 2.20. The highest BCUT2D eigenvalue weighted by atomic mass is 28.4. The molecular weight excluding hydrogens is 434 g/mol. The van der Waals surface area contributed by atoms with E-state index in [1.165, 1.54) is 10.4 Å². The van der Waals surface area contributed by atoms with Crippen LogP contribution in [0.5, 0.6) is 0 Å². The van der Waals surface area contributed by atoms with Crippen LogP contribution in [-0.2, 0) is 14.0 Å². The molecule has 1 atom stereocenters. The van der Waals surface area contributed by atoms with Crippen molar-refractivity contribution >= 4 is 30.8 Å². The summed E-state index contributed by atoms with van der Waals surface area (Å²) in [6.45, 7) is 12.2. The van der Waals surface area contributed by atoms with E-state index in [1.54, 1.807) is 20.8 Å². The molecule has 0 saturated carbocycles. The predicted molar refractivity (Wildman–Crippen MR) is 134 cm³/mol. The van der Waals surface area contributed by atoms with Gasteiger partial charge in [0, 0.05) is 6.61 Å². The molecule has 2 aromatic carbocycles. The Hall–Kier alpha value is -2.64. The van der Waals surface area contributed by atoms with Gasteiger partial charge < -0.3 is 19.6 Å². The van der Waals surface area contributed by atoms with Gasteiger partial charge >= 0.3 is 12.1 Å². The van der Waals surface area contributed by atoms with Gasteiger partial charge in [-0.15, -0.1) is 0 Å². The van der Waals surface area contributed by atoms with Gasteiger partial charge in [-0.2, -0.15) is 0 Å². The SMILES string of the molecule is CC(C)(C)OC(=O)NC(CCCO[Si](c1ccccc1)(c1ccccc1)C(C)(C)C)C(=O)O. The number of hydrogen-bond donors (Lipinski definition) is 2. The van der Waals surface area contributed by atoms with Gasteiger partial charge in [0.1, 0.15) is 11.6 Å². The molecule has 2 aromatic rings. The van der Waals surface area contributed by atoms with Crippen molar-refractivity contribution in [2.45, 2.75) is 71.1 Å². The maximum Gasteiger partial charge on any atom is 0.408 e. The fourth-order valence-electron chi connectivity index (χ4n) is 3.98. The van der Waals surface area contributed by atoms with E-state index >= 15 is 0 Å². The van der Waals surface area contributed by atoms with Crippen molar-refractivity contribution < 1.29 is 23.9 Å². The Bertz CT molecular complexity index is 864. The van der Waals surface area contributed by atoms with Crippen molar-refractivity contribution in [3.8, 4) is 0 Å². The standard InChI is InChI=1S/C26H37NO5Si/c1-25(2,3)32-24(30)27-22(23(28)29)18-13-19-31-33(26(4,5)6,20-14-9-7-10-15-20)21-16-11-8-12-17-21/h7-12,14-17,22H,13,18-19H2,1-6H3,(H,27,30)(H,28,29). The zero-order valence-corrected chi connectivity index (χ0v) is 21.6. The molecule has 0 aliphatic rings. The summed E-state index contributed by atoms with van der Waals surface area (Å²) in [5.41, 5.74) is -0.695. The van der Waals surface area contributed by atoms with E-state index in [-0.39, 0.29) is 11.5 Å². The molecular formula is C26H37NO5Si. The van der Waals surface area contributed by atoms with E-state index in [4.69, 9.17) is 9.16 Å². The van der Waals surface area contributed by atoms with Gasteiger partial charge in [0.15, 0.2) is 0 Å². The zero-order valence-electron chi connectivity index (χ0n) is 20.6. The molecule has 1 unspecified atom stereocenters. The number of ether oxygens (including phenoxy) is 1. The third kappa shape index (κ3) is 7.17. The van der Waals surface area contributed by atoms with E-state index in [1.807, 2.05) is 36.4 Å². The number of rotatable bonds is 9. The number of aliphatic carboxylic acids is 1. The summed E-state index contributed by atoms with van der Waals surface area (Å²) >= 11 is 0. The Morgan fingerprint density at radius 2 is 1.39 bits per heavy atom. The Labute approximate surface area is 198 Å². The second kappa shape index (κ2) is 11.0. The van der Waals surface area contributed by atoms with E-state index in [9.17, 15) is 14.7 Å². The molecule has 180 valence electrons. The molecule has 0 radical (unpaired) electrons. The average molecular weight is 472 g/mol. The lowest BCUT2D eigenvalue weighted by Crippen LogP contribution is -2.66. The van der Waals surface area contributed by atoms with Crippen molar-refractivity contribution in [3.05, 3.63) is 60.7 Å². The number of amides is 1. The maximum atomic E-state index is 12.0. The number of carbonyl (C=O) groups is 2. The van der Waals surface area contributed by atoms with Crippen LogP contribution < -0.4 is 15.7 Å². The van der Waals surface area contributed by atoms with Crippen molar-refractivity contribution in [2.24, 2.45) is 0 Å². The van der Waals surface area contributed by atoms with Crippen LogP contribution in [0, 0.1) is 0 Å². The normalized spacial score (nSPS) is 13.3. The third-order valence-corrected chi connectivity index (χ3v) is 10.4. The minimum atomic E-state index is -2.67. The quantitative estimate of drug-likeness (QED) is 0.420. The lowest BCUT2D eigenvalue weighted by atomic mass is 10.1. The first-order valence-electron chi connectivity index (χ1n) is 11.3. The zero-order chi connectivity index (χ0) is 24.7. The third-order valence-electron chi connectivity index (χ3n) is 5.36. The van der Waals surface area contributed by atoms with Gasteiger partial charge in [-0.05, 0) is 49.0 Å². The monoisotopic (exact) mass is 471 g/mol. The number of carboxylic acids is 1. The number of hydrogen-bond acceptors (Lipinski definition) is 4. The summed E-state index contributed by atoms with van der Waals surface area (Å²) in [6, 6.07) is 19.5. The molecule has 0 bridgehead atoms. The molecule has 0 heterocycles. The smallest absolute Gasteiger partial charge is 0.408 e. The fourth-order valence-corrected chi connectivity index (χ4v) is 8.59. The van der Waals surface area contributed by atoms with Crippen LogP contribution >= 0.6 is 0 Å². The molecule has 6 nitrogen and oxygen atoms in total. The number of nitrogens with one attached hydrogen (secondary N) is 1. The number of benzene rings is 2. The predicted octanol–water partition coefficient (Wildman–Crippen LogP) is 4.32.